The molecular formula is C24H26LiN3O5-2. The van der Waals surface area contributed by atoms with Gasteiger partial charge in [0.25, 0.3) is 5.91 Å². The van der Waals surface area contributed by atoms with Crippen LogP contribution in [-0.4, -0.2) is 51.0 Å². The number of rotatable bonds is 8. The molecule has 1 saturated heterocycles. The maximum absolute atomic E-state index is 12.5. The second-order valence-electron chi connectivity index (χ2n) is 7.00. The molecule has 2 aromatic carbocycles. The number of carbonyl (C=O) groups excluding carboxylic acids is 2. The van der Waals surface area contributed by atoms with E-state index in [0.717, 1.165) is 16.7 Å². The molecule has 1 amide bonds. The molecule has 1 heterocycles. The summed E-state index contributed by atoms with van der Waals surface area (Å²) >= 11 is 0. The van der Waals surface area contributed by atoms with Crippen molar-refractivity contribution in [3.05, 3.63) is 61.5 Å². The van der Waals surface area contributed by atoms with Crippen molar-refractivity contribution in [3.63, 3.8) is 0 Å². The van der Waals surface area contributed by atoms with Crippen LogP contribution in [0.5, 0.6) is 5.75 Å². The molecule has 8 nitrogen and oxygen atoms in total. The van der Waals surface area contributed by atoms with E-state index in [1.54, 1.807) is 19.2 Å². The molecule has 0 spiro atoms. The summed E-state index contributed by atoms with van der Waals surface area (Å²) in [5.74, 6) is -0.0219. The minimum absolute atomic E-state index is 0. The van der Waals surface area contributed by atoms with Crippen molar-refractivity contribution in [1.29, 1.82) is 5.26 Å². The van der Waals surface area contributed by atoms with Gasteiger partial charge in [-0.1, -0.05) is 29.8 Å². The number of benzene rings is 2. The third-order valence-electron chi connectivity index (χ3n) is 4.94. The third kappa shape index (κ3) is 8.32. The Morgan fingerprint density at radius 2 is 2.06 bits per heavy atom. The monoisotopic (exact) mass is 443 g/mol. The molecule has 0 aliphatic carbocycles. The summed E-state index contributed by atoms with van der Waals surface area (Å²) in [4.78, 5) is 22.8. The van der Waals surface area contributed by atoms with Gasteiger partial charge in [0, 0.05) is 26.5 Å². The van der Waals surface area contributed by atoms with Crippen molar-refractivity contribution in [2.75, 3.05) is 20.3 Å². The van der Waals surface area contributed by atoms with Crippen LogP contribution in [0, 0.1) is 24.8 Å². The summed E-state index contributed by atoms with van der Waals surface area (Å²) < 4.78 is 15.4. The molecule has 170 valence electrons. The van der Waals surface area contributed by atoms with Crippen LogP contribution in [0.2, 0.25) is 0 Å². The maximum Gasteiger partial charge on any atom is 1.00 e. The van der Waals surface area contributed by atoms with E-state index in [0.29, 0.717) is 31.7 Å². The fourth-order valence-electron chi connectivity index (χ4n) is 3.25. The van der Waals surface area contributed by atoms with Gasteiger partial charge in [-0.2, -0.15) is 17.4 Å². The second-order valence-corrected chi connectivity index (χ2v) is 7.00. The second kappa shape index (κ2) is 14.5. The predicted octanol–water partition coefficient (Wildman–Crippen LogP) is -1.04. The SMILES string of the molecule is COC1CCO[C@H](C(=O)N[C@H](C#N)Cc2ccc(-c3c[c-]c(O[C-]=O)cc3)cc2)CN1.[CH3-].[Li+]. The smallest absolute Gasteiger partial charge is 0.634 e. The van der Waals surface area contributed by atoms with Crippen LogP contribution in [0.25, 0.3) is 11.1 Å². The molecule has 3 atom stereocenters. The third-order valence-corrected chi connectivity index (χ3v) is 4.94. The van der Waals surface area contributed by atoms with Gasteiger partial charge >= 0.3 is 18.9 Å². The summed E-state index contributed by atoms with van der Waals surface area (Å²) in [6.45, 7) is 2.09. The Balaban J connectivity index is 0.00000272. The molecule has 2 N–H and O–H groups in total. The summed E-state index contributed by atoms with van der Waals surface area (Å²) in [5.41, 5.74) is 2.77. The summed E-state index contributed by atoms with van der Waals surface area (Å²) in [7, 11) is 1.60. The first-order valence-electron chi connectivity index (χ1n) is 9.85. The van der Waals surface area contributed by atoms with E-state index >= 15 is 0 Å². The summed E-state index contributed by atoms with van der Waals surface area (Å²) in [6.07, 6.45) is 0.209. The average Bonchev–Trinajstić information content (AvgIpc) is 3.06. The van der Waals surface area contributed by atoms with Crippen LogP contribution in [0.3, 0.4) is 0 Å². The van der Waals surface area contributed by atoms with Crippen molar-refractivity contribution >= 4 is 12.4 Å². The Labute approximate surface area is 206 Å². The molecule has 3 rings (SSSR count). The standard InChI is InChI=1S/C23H23N3O5.CH3.Li/c1-29-22-10-11-30-21(14-25-22)23(28)26-19(13-24)12-16-2-4-17(5-3-16)18-6-8-20(9-7-18)31-15-27;;/h2-8,19,21-22,25H,10-12,14H2,1H3,(H,26,28);1H3;/q-2;-1;+1/t19-,21-,22?;;/m0../s1. The first kappa shape index (κ1) is 28.4. The van der Waals surface area contributed by atoms with E-state index in [2.05, 4.69) is 27.5 Å². The Morgan fingerprint density at radius 3 is 2.67 bits per heavy atom. The number of hydrogen-bond donors (Lipinski definition) is 2. The number of ether oxygens (including phenoxy) is 3. The number of methoxy groups -OCH3 is 1. The molecule has 1 aliphatic heterocycles. The van der Waals surface area contributed by atoms with Gasteiger partial charge in [-0.25, -0.2) is 12.1 Å². The average molecular weight is 443 g/mol. The van der Waals surface area contributed by atoms with Gasteiger partial charge in [0.15, 0.2) is 6.47 Å². The Kier molecular flexibility index (Phi) is 12.5. The van der Waals surface area contributed by atoms with E-state index in [1.165, 1.54) is 6.47 Å². The van der Waals surface area contributed by atoms with Crippen molar-refractivity contribution < 1.29 is 42.7 Å². The minimum atomic E-state index is -0.673. The van der Waals surface area contributed by atoms with E-state index in [9.17, 15) is 14.9 Å². The van der Waals surface area contributed by atoms with Gasteiger partial charge in [0.1, 0.15) is 18.4 Å². The zero-order valence-corrected chi connectivity index (χ0v) is 19.1. The van der Waals surface area contributed by atoms with Crippen LogP contribution in [0.15, 0.2) is 42.5 Å². The molecule has 33 heavy (non-hydrogen) atoms. The normalized spacial score (nSPS) is 18.3. The molecule has 0 saturated carbocycles. The van der Waals surface area contributed by atoms with Crippen molar-refractivity contribution in [2.45, 2.75) is 31.2 Å². The van der Waals surface area contributed by atoms with Crippen molar-refractivity contribution in [3.8, 4) is 22.9 Å². The van der Waals surface area contributed by atoms with Gasteiger partial charge < -0.3 is 31.7 Å². The van der Waals surface area contributed by atoms with E-state index < -0.39 is 12.1 Å². The van der Waals surface area contributed by atoms with Crippen molar-refractivity contribution in [1.82, 2.24) is 10.6 Å². The van der Waals surface area contributed by atoms with Crippen LogP contribution in [0.4, 0.5) is 0 Å². The van der Waals surface area contributed by atoms with Gasteiger partial charge in [0.2, 0.25) is 0 Å². The van der Waals surface area contributed by atoms with Gasteiger partial charge in [-0.15, -0.1) is 11.3 Å². The molecule has 1 aliphatic rings. The predicted molar refractivity (Wildman–Crippen MR) is 118 cm³/mol. The van der Waals surface area contributed by atoms with Gasteiger partial charge in [-0.3, -0.25) is 10.1 Å². The molecule has 1 unspecified atom stereocenters. The molecule has 1 fully saturated rings. The van der Waals surface area contributed by atoms with Gasteiger partial charge in [0.05, 0.1) is 12.7 Å². The van der Waals surface area contributed by atoms with E-state index in [1.807, 2.05) is 30.3 Å². The fourth-order valence-corrected chi connectivity index (χ4v) is 3.25. The zero-order valence-electron chi connectivity index (χ0n) is 19.1. The number of hydrogen-bond acceptors (Lipinski definition) is 7. The fraction of sp³-hybridized carbons (Fsp3) is 0.333. The topological polar surface area (TPSA) is 110 Å². The van der Waals surface area contributed by atoms with E-state index in [4.69, 9.17) is 9.47 Å². The van der Waals surface area contributed by atoms with Gasteiger partial charge in [-0.05, 0) is 5.56 Å². The minimum Gasteiger partial charge on any atom is -0.634 e. The number of carbonyl (C=O) groups is 1. The van der Waals surface area contributed by atoms with E-state index in [-0.39, 0.29) is 38.4 Å². The van der Waals surface area contributed by atoms with Crippen LogP contribution < -0.4 is 34.2 Å². The molecule has 0 radical (unpaired) electrons. The number of nitriles is 1. The first-order valence-corrected chi connectivity index (χ1v) is 9.85. The Hall–Kier alpha value is -2.65. The van der Waals surface area contributed by atoms with Crippen LogP contribution in [0.1, 0.15) is 12.0 Å². The number of nitrogens with zero attached hydrogens (tertiary/aromatic N) is 1. The Morgan fingerprint density at radius 1 is 1.33 bits per heavy atom. The van der Waals surface area contributed by atoms with Crippen LogP contribution in [-0.2, 0) is 25.5 Å². The quantitative estimate of drug-likeness (QED) is 0.396. The number of nitrogens with one attached hydrogen (secondary N) is 2. The molecule has 0 aromatic heterocycles. The first-order chi connectivity index (χ1) is 15.1. The van der Waals surface area contributed by atoms with Crippen LogP contribution >= 0.6 is 0 Å². The molecular weight excluding hydrogens is 417 g/mol. The largest absolute Gasteiger partial charge is 1.00 e. The number of amides is 1. The zero-order chi connectivity index (χ0) is 22.1. The molecule has 9 heteroatoms. The summed E-state index contributed by atoms with van der Waals surface area (Å²) in [5, 5.41) is 15.4. The molecule has 0 bridgehead atoms. The maximum atomic E-state index is 12.5. The molecule has 2 aromatic rings. The van der Waals surface area contributed by atoms with Crippen molar-refractivity contribution in [2.24, 2.45) is 0 Å². The summed E-state index contributed by atoms with van der Waals surface area (Å²) in [6, 6.07) is 17.1. The Bertz CT molecular complexity index is 915.